The van der Waals surface area contributed by atoms with Crippen molar-refractivity contribution in [1.29, 1.82) is 5.26 Å². The smallest absolute Gasteiger partial charge is 0.234 e. The molecule has 3 rings (SSSR count). The van der Waals surface area contributed by atoms with E-state index in [0.29, 0.717) is 12.1 Å². The van der Waals surface area contributed by atoms with Crippen LogP contribution in [0.5, 0.6) is 5.75 Å². The summed E-state index contributed by atoms with van der Waals surface area (Å²) in [5.74, 6) is 4.65. The van der Waals surface area contributed by atoms with Crippen LogP contribution in [0.15, 0.2) is 59.7 Å². The summed E-state index contributed by atoms with van der Waals surface area (Å²) in [6.45, 7) is 4.39. The first kappa shape index (κ1) is 24.4. The molecule has 0 heterocycles. The predicted molar refractivity (Wildman–Crippen MR) is 131 cm³/mol. The molecule has 0 radical (unpaired) electrons. The van der Waals surface area contributed by atoms with Crippen LogP contribution < -0.4 is 16.9 Å². The zero-order valence-corrected chi connectivity index (χ0v) is 19.1. The van der Waals surface area contributed by atoms with Gasteiger partial charge in [0, 0.05) is 17.7 Å². The highest BCUT2D eigenvalue weighted by molar-refractivity contribution is 6.53. The van der Waals surface area contributed by atoms with Crippen LogP contribution in [-0.4, -0.2) is 28.6 Å². The monoisotopic (exact) mass is 457 g/mol. The number of nitriles is 1. The van der Waals surface area contributed by atoms with Crippen LogP contribution >= 0.6 is 0 Å². The molecular formula is C26H27N5O3. The second-order valence-corrected chi connectivity index (χ2v) is 8.11. The van der Waals surface area contributed by atoms with E-state index in [1.165, 1.54) is 18.2 Å². The number of hydrogen-bond donors (Lipinski definition) is 4. The molecule has 0 aliphatic heterocycles. The lowest BCUT2D eigenvalue weighted by atomic mass is 9.92. The standard InChI is InChI=1S/C26H27N5O3/c1-3-15(2)23(26(28)34)30-14-17-8-10-21(20-7-5-4-6-19(17)20)24(31-29)25(33)16-9-11-22(32)18(12-16)13-27/h4-12,15,23,30,32H,3,14,29H2,1-2H3,(H2,28,34). The van der Waals surface area contributed by atoms with Crippen LogP contribution in [0.25, 0.3) is 10.8 Å². The molecule has 0 spiro atoms. The number of nitrogens with one attached hydrogen (secondary N) is 1. The van der Waals surface area contributed by atoms with E-state index in [4.69, 9.17) is 11.6 Å². The van der Waals surface area contributed by atoms with Gasteiger partial charge in [-0.25, -0.2) is 0 Å². The summed E-state index contributed by atoms with van der Waals surface area (Å²) in [7, 11) is 0. The normalized spacial score (nSPS) is 13.3. The summed E-state index contributed by atoms with van der Waals surface area (Å²) >= 11 is 0. The second kappa shape index (κ2) is 10.6. The molecule has 174 valence electrons. The molecule has 0 saturated carbocycles. The third-order valence-electron chi connectivity index (χ3n) is 6.02. The summed E-state index contributed by atoms with van der Waals surface area (Å²) in [4.78, 5) is 25.1. The number of hydrazone groups is 1. The summed E-state index contributed by atoms with van der Waals surface area (Å²) in [5, 5.41) is 27.6. The lowest BCUT2D eigenvalue weighted by molar-refractivity contribution is -0.121. The van der Waals surface area contributed by atoms with Crippen LogP contribution in [0.2, 0.25) is 0 Å². The van der Waals surface area contributed by atoms with Crippen molar-refractivity contribution in [3.05, 3.63) is 76.9 Å². The van der Waals surface area contributed by atoms with Crippen molar-refractivity contribution in [2.45, 2.75) is 32.9 Å². The third-order valence-corrected chi connectivity index (χ3v) is 6.02. The third kappa shape index (κ3) is 4.90. The molecule has 0 aromatic heterocycles. The quantitative estimate of drug-likeness (QED) is 0.168. The summed E-state index contributed by atoms with van der Waals surface area (Å²) in [5.41, 5.74) is 7.24. The van der Waals surface area contributed by atoms with E-state index in [-0.39, 0.29) is 28.5 Å². The zero-order chi connectivity index (χ0) is 24.8. The Bertz CT molecular complexity index is 1310. The minimum Gasteiger partial charge on any atom is -0.507 e. The van der Waals surface area contributed by atoms with Crippen LogP contribution in [0, 0.1) is 17.2 Å². The SMILES string of the molecule is CCC(C)C(NCc1ccc(C(=NN)C(=O)c2ccc(O)c(C#N)c2)c2ccccc12)C(N)=O. The van der Waals surface area contributed by atoms with Crippen LogP contribution in [0.1, 0.15) is 47.3 Å². The molecule has 0 aliphatic carbocycles. The number of aromatic hydroxyl groups is 1. The van der Waals surface area contributed by atoms with Crippen LogP contribution in [0.4, 0.5) is 0 Å². The number of nitrogens with zero attached hydrogens (tertiary/aromatic N) is 2. The van der Waals surface area contributed by atoms with Gasteiger partial charge in [0.25, 0.3) is 0 Å². The molecule has 1 amide bonds. The maximum atomic E-state index is 13.2. The molecule has 8 heteroatoms. The number of ketones is 1. The molecule has 0 aliphatic rings. The lowest BCUT2D eigenvalue weighted by Gasteiger charge is -2.22. The first-order valence-electron chi connectivity index (χ1n) is 10.9. The summed E-state index contributed by atoms with van der Waals surface area (Å²) < 4.78 is 0. The number of carbonyl (C=O) groups is 2. The predicted octanol–water partition coefficient (Wildman–Crippen LogP) is 2.95. The van der Waals surface area contributed by atoms with Gasteiger partial charge in [-0.2, -0.15) is 10.4 Å². The fraction of sp³-hybridized carbons (Fsp3) is 0.231. The number of carbonyl (C=O) groups excluding carboxylic acids is 2. The number of primary amides is 1. The molecule has 8 nitrogen and oxygen atoms in total. The minimum atomic E-state index is -0.472. The number of rotatable bonds is 9. The molecular weight excluding hydrogens is 430 g/mol. The van der Waals surface area contributed by atoms with E-state index in [1.807, 2.05) is 50.2 Å². The van der Waals surface area contributed by atoms with Crippen LogP contribution in [0.3, 0.4) is 0 Å². The Morgan fingerprint density at radius 3 is 2.47 bits per heavy atom. The van der Waals surface area contributed by atoms with Gasteiger partial charge >= 0.3 is 0 Å². The molecule has 0 bridgehead atoms. The number of phenolic OH excluding ortho intramolecular Hbond substituents is 1. The van der Waals surface area contributed by atoms with Gasteiger partial charge in [0.05, 0.1) is 11.6 Å². The number of Topliss-reactive ketones (excluding diaryl/α,β-unsaturated/α-hetero) is 1. The maximum absolute atomic E-state index is 13.2. The van der Waals surface area contributed by atoms with Crippen molar-refractivity contribution in [3.63, 3.8) is 0 Å². The van der Waals surface area contributed by atoms with E-state index >= 15 is 0 Å². The molecule has 34 heavy (non-hydrogen) atoms. The van der Waals surface area contributed by atoms with Crippen molar-refractivity contribution >= 4 is 28.2 Å². The maximum Gasteiger partial charge on any atom is 0.234 e. The Labute approximate surface area is 197 Å². The summed E-state index contributed by atoms with van der Waals surface area (Å²) in [6.07, 6.45) is 0.809. The fourth-order valence-corrected chi connectivity index (χ4v) is 3.91. The van der Waals surface area contributed by atoms with Crippen LogP contribution in [-0.2, 0) is 11.3 Å². The van der Waals surface area contributed by atoms with Gasteiger partial charge in [-0.3, -0.25) is 9.59 Å². The Hall–Kier alpha value is -4.22. The van der Waals surface area contributed by atoms with E-state index in [9.17, 15) is 20.0 Å². The Balaban J connectivity index is 2.00. The van der Waals surface area contributed by atoms with Crippen molar-refractivity contribution in [2.24, 2.45) is 22.6 Å². The lowest BCUT2D eigenvalue weighted by Crippen LogP contribution is -2.45. The average Bonchev–Trinajstić information content (AvgIpc) is 2.85. The fourth-order valence-electron chi connectivity index (χ4n) is 3.91. The number of amides is 1. The zero-order valence-electron chi connectivity index (χ0n) is 19.1. The van der Waals surface area contributed by atoms with Crippen molar-refractivity contribution in [1.82, 2.24) is 5.32 Å². The molecule has 6 N–H and O–H groups in total. The molecule has 0 saturated heterocycles. The van der Waals surface area contributed by atoms with Gasteiger partial charge in [0.1, 0.15) is 17.5 Å². The van der Waals surface area contributed by atoms with Crippen molar-refractivity contribution < 1.29 is 14.7 Å². The average molecular weight is 458 g/mol. The number of nitrogens with two attached hydrogens (primary N) is 2. The van der Waals surface area contributed by atoms with E-state index in [0.717, 1.165) is 22.8 Å². The van der Waals surface area contributed by atoms with Crippen molar-refractivity contribution in [2.75, 3.05) is 0 Å². The number of benzene rings is 3. The van der Waals surface area contributed by atoms with Gasteiger partial charge in [0.15, 0.2) is 0 Å². The van der Waals surface area contributed by atoms with Gasteiger partial charge in [-0.05, 0) is 40.5 Å². The molecule has 2 unspecified atom stereocenters. The molecule has 2 atom stereocenters. The first-order chi connectivity index (χ1) is 16.3. The Morgan fingerprint density at radius 2 is 1.85 bits per heavy atom. The number of phenols is 1. The second-order valence-electron chi connectivity index (χ2n) is 8.11. The highest BCUT2D eigenvalue weighted by Gasteiger charge is 2.23. The van der Waals surface area contributed by atoms with E-state index in [1.54, 1.807) is 6.07 Å². The Kier molecular flexibility index (Phi) is 7.61. The molecule has 3 aromatic rings. The number of hydrogen-bond acceptors (Lipinski definition) is 7. The van der Waals surface area contributed by atoms with Gasteiger partial charge in [-0.15, -0.1) is 0 Å². The van der Waals surface area contributed by atoms with E-state index < -0.39 is 17.7 Å². The highest BCUT2D eigenvalue weighted by atomic mass is 16.3. The highest BCUT2D eigenvalue weighted by Crippen LogP contribution is 2.26. The topological polar surface area (TPSA) is 155 Å². The largest absolute Gasteiger partial charge is 0.507 e. The molecule has 3 aromatic carbocycles. The number of fused-ring (bicyclic) bond motifs is 1. The summed E-state index contributed by atoms with van der Waals surface area (Å²) in [6, 6.07) is 16.5. The van der Waals surface area contributed by atoms with Crippen molar-refractivity contribution in [3.8, 4) is 11.8 Å². The minimum absolute atomic E-state index is 0.0150. The van der Waals surface area contributed by atoms with Gasteiger partial charge < -0.3 is 22.0 Å². The Morgan fingerprint density at radius 1 is 1.15 bits per heavy atom. The molecule has 0 fully saturated rings. The van der Waals surface area contributed by atoms with E-state index in [2.05, 4.69) is 10.4 Å². The van der Waals surface area contributed by atoms with Gasteiger partial charge in [-0.1, -0.05) is 56.7 Å². The van der Waals surface area contributed by atoms with Gasteiger partial charge in [0.2, 0.25) is 11.7 Å². The first-order valence-corrected chi connectivity index (χ1v) is 10.9.